The third kappa shape index (κ3) is 2.65. The third-order valence-electron chi connectivity index (χ3n) is 2.77. The zero-order valence-electron chi connectivity index (χ0n) is 9.19. The van der Waals surface area contributed by atoms with Gasteiger partial charge in [-0.05, 0) is 25.7 Å². The van der Waals surface area contributed by atoms with Gasteiger partial charge < -0.3 is 10.6 Å². The van der Waals surface area contributed by atoms with Crippen LogP contribution in [0.25, 0.3) is 0 Å². The van der Waals surface area contributed by atoms with Crippen molar-refractivity contribution in [2.24, 2.45) is 11.7 Å². The Labute approximate surface area is 90.5 Å². The summed E-state index contributed by atoms with van der Waals surface area (Å²) in [4.78, 5) is 10.9. The fourth-order valence-corrected chi connectivity index (χ4v) is 1.58. The van der Waals surface area contributed by atoms with Gasteiger partial charge in [-0.15, -0.1) is 0 Å². The fourth-order valence-electron chi connectivity index (χ4n) is 1.58. The molecule has 1 fully saturated rings. The van der Waals surface area contributed by atoms with Crippen molar-refractivity contribution in [2.45, 2.75) is 26.3 Å². The molecule has 1 heterocycles. The van der Waals surface area contributed by atoms with Crippen molar-refractivity contribution in [3.05, 3.63) is 18.0 Å². The zero-order chi connectivity index (χ0) is 10.7. The van der Waals surface area contributed by atoms with E-state index in [4.69, 9.17) is 5.73 Å². The number of nitrogens with two attached hydrogens (primary N) is 1. The first-order valence-corrected chi connectivity index (χ1v) is 5.59. The van der Waals surface area contributed by atoms with Gasteiger partial charge in [0.05, 0.1) is 0 Å². The predicted octanol–water partition coefficient (Wildman–Crippen LogP) is 1.17. The lowest BCUT2D eigenvalue weighted by molar-refractivity contribution is 0.718. The van der Waals surface area contributed by atoms with Gasteiger partial charge in [0.15, 0.2) is 0 Å². The van der Waals surface area contributed by atoms with E-state index >= 15 is 0 Å². The van der Waals surface area contributed by atoms with E-state index in [-0.39, 0.29) is 0 Å². The predicted molar refractivity (Wildman–Crippen MR) is 60.5 cm³/mol. The molecule has 0 spiro atoms. The molecule has 2 rings (SSSR count). The highest BCUT2D eigenvalue weighted by Gasteiger charge is 2.24. The van der Waals surface area contributed by atoms with E-state index in [2.05, 4.69) is 21.8 Å². The highest BCUT2D eigenvalue weighted by atomic mass is 15.2. The average molecular weight is 206 g/mol. The molecule has 0 aromatic carbocycles. The van der Waals surface area contributed by atoms with E-state index in [1.54, 1.807) is 0 Å². The van der Waals surface area contributed by atoms with Crippen LogP contribution < -0.4 is 10.6 Å². The quantitative estimate of drug-likeness (QED) is 0.785. The molecule has 0 bridgehead atoms. The first kappa shape index (κ1) is 10.4. The number of hydrogen-bond acceptors (Lipinski definition) is 4. The maximum absolute atomic E-state index is 5.51. The summed E-state index contributed by atoms with van der Waals surface area (Å²) in [6, 6.07) is 0. The molecule has 0 radical (unpaired) electrons. The minimum atomic E-state index is 0.509. The second kappa shape index (κ2) is 4.57. The van der Waals surface area contributed by atoms with Crippen LogP contribution in [0.4, 0.5) is 5.95 Å². The SMILES string of the molecule is CCN(CC1CC1)c1ncc(CN)cn1. The molecule has 15 heavy (non-hydrogen) atoms. The Kier molecular flexibility index (Phi) is 3.16. The average Bonchev–Trinajstić information content (AvgIpc) is 3.10. The van der Waals surface area contributed by atoms with Gasteiger partial charge in [0.1, 0.15) is 0 Å². The number of aromatic nitrogens is 2. The molecular formula is C11H18N4. The maximum Gasteiger partial charge on any atom is 0.225 e. The van der Waals surface area contributed by atoms with Crippen LogP contribution in [0.2, 0.25) is 0 Å². The van der Waals surface area contributed by atoms with E-state index in [0.29, 0.717) is 6.54 Å². The van der Waals surface area contributed by atoms with Gasteiger partial charge in [0.2, 0.25) is 5.95 Å². The molecule has 1 aromatic heterocycles. The van der Waals surface area contributed by atoms with Crippen LogP contribution in [0.15, 0.2) is 12.4 Å². The first-order chi connectivity index (χ1) is 7.33. The Morgan fingerprint density at radius 2 is 2.07 bits per heavy atom. The molecule has 0 amide bonds. The van der Waals surface area contributed by atoms with E-state index in [9.17, 15) is 0 Å². The lowest BCUT2D eigenvalue weighted by atomic mass is 10.3. The summed E-state index contributed by atoms with van der Waals surface area (Å²) in [5.41, 5.74) is 6.49. The largest absolute Gasteiger partial charge is 0.341 e. The van der Waals surface area contributed by atoms with E-state index in [1.165, 1.54) is 12.8 Å². The topological polar surface area (TPSA) is 55.0 Å². The molecule has 1 saturated carbocycles. The minimum Gasteiger partial charge on any atom is -0.341 e. The van der Waals surface area contributed by atoms with Crippen LogP contribution in [0.1, 0.15) is 25.3 Å². The van der Waals surface area contributed by atoms with Crippen molar-refractivity contribution in [2.75, 3.05) is 18.0 Å². The maximum atomic E-state index is 5.51. The second-order valence-corrected chi connectivity index (χ2v) is 4.08. The number of nitrogens with zero attached hydrogens (tertiary/aromatic N) is 3. The van der Waals surface area contributed by atoms with Crippen LogP contribution in [-0.4, -0.2) is 23.1 Å². The molecule has 0 aliphatic heterocycles. The smallest absolute Gasteiger partial charge is 0.225 e. The summed E-state index contributed by atoms with van der Waals surface area (Å²) in [5.74, 6) is 1.70. The molecular weight excluding hydrogens is 188 g/mol. The standard InChI is InChI=1S/C11H18N4/c1-2-15(8-9-3-4-9)11-13-6-10(5-12)7-14-11/h6-7,9H,2-5,8,12H2,1H3. The third-order valence-corrected chi connectivity index (χ3v) is 2.77. The van der Waals surface area contributed by atoms with Crippen LogP contribution in [-0.2, 0) is 6.54 Å². The lowest BCUT2D eigenvalue weighted by Crippen LogP contribution is -2.27. The van der Waals surface area contributed by atoms with E-state index in [0.717, 1.165) is 30.5 Å². The van der Waals surface area contributed by atoms with Crippen LogP contribution in [0, 0.1) is 5.92 Å². The summed E-state index contributed by atoms with van der Waals surface area (Å²) in [6.45, 7) is 4.72. The van der Waals surface area contributed by atoms with Gasteiger partial charge in [-0.3, -0.25) is 0 Å². The number of rotatable bonds is 5. The minimum absolute atomic E-state index is 0.509. The van der Waals surface area contributed by atoms with Crippen LogP contribution in [0.3, 0.4) is 0 Å². The molecule has 0 atom stereocenters. The molecule has 4 nitrogen and oxygen atoms in total. The first-order valence-electron chi connectivity index (χ1n) is 5.59. The highest BCUT2D eigenvalue weighted by molar-refractivity contribution is 5.30. The molecule has 4 heteroatoms. The second-order valence-electron chi connectivity index (χ2n) is 4.08. The summed E-state index contributed by atoms with van der Waals surface area (Å²) in [7, 11) is 0. The highest BCUT2D eigenvalue weighted by Crippen LogP contribution is 2.30. The normalized spacial score (nSPS) is 15.3. The van der Waals surface area contributed by atoms with Gasteiger partial charge >= 0.3 is 0 Å². The summed E-state index contributed by atoms with van der Waals surface area (Å²) >= 11 is 0. The van der Waals surface area contributed by atoms with E-state index in [1.807, 2.05) is 12.4 Å². The van der Waals surface area contributed by atoms with Gasteiger partial charge in [0.25, 0.3) is 0 Å². The molecule has 0 unspecified atom stereocenters. The van der Waals surface area contributed by atoms with Gasteiger partial charge in [-0.25, -0.2) is 9.97 Å². The monoisotopic (exact) mass is 206 g/mol. The Balaban J connectivity index is 2.03. The summed E-state index contributed by atoms with van der Waals surface area (Å²) in [6.07, 6.45) is 6.35. The van der Waals surface area contributed by atoms with Crippen LogP contribution >= 0.6 is 0 Å². The van der Waals surface area contributed by atoms with Gasteiger partial charge in [0, 0.05) is 37.6 Å². The molecule has 82 valence electrons. The van der Waals surface area contributed by atoms with Crippen molar-refractivity contribution >= 4 is 5.95 Å². The van der Waals surface area contributed by atoms with Crippen molar-refractivity contribution in [3.8, 4) is 0 Å². The van der Waals surface area contributed by atoms with E-state index < -0.39 is 0 Å². The summed E-state index contributed by atoms with van der Waals surface area (Å²) in [5, 5.41) is 0. The van der Waals surface area contributed by atoms with Crippen LogP contribution in [0.5, 0.6) is 0 Å². The molecule has 0 saturated heterocycles. The van der Waals surface area contributed by atoms with Crippen molar-refractivity contribution in [1.29, 1.82) is 0 Å². The molecule has 2 N–H and O–H groups in total. The van der Waals surface area contributed by atoms with Crippen molar-refractivity contribution < 1.29 is 0 Å². The Hall–Kier alpha value is -1.16. The Morgan fingerprint density at radius 1 is 1.40 bits per heavy atom. The summed E-state index contributed by atoms with van der Waals surface area (Å²) < 4.78 is 0. The molecule has 1 aliphatic carbocycles. The Bertz CT molecular complexity index is 305. The van der Waals surface area contributed by atoms with Gasteiger partial charge in [-0.1, -0.05) is 0 Å². The van der Waals surface area contributed by atoms with Gasteiger partial charge in [-0.2, -0.15) is 0 Å². The van der Waals surface area contributed by atoms with Crippen molar-refractivity contribution in [3.63, 3.8) is 0 Å². The molecule has 1 aromatic rings. The molecule has 1 aliphatic rings. The fraction of sp³-hybridized carbons (Fsp3) is 0.636. The lowest BCUT2D eigenvalue weighted by Gasteiger charge is -2.20. The number of anilines is 1. The van der Waals surface area contributed by atoms with Crippen molar-refractivity contribution in [1.82, 2.24) is 9.97 Å². The number of hydrogen-bond donors (Lipinski definition) is 1. The zero-order valence-corrected chi connectivity index (χ0v) is 9.19. The Morgan fingerprint density at radius 3 is 2.53 bits per heavy atom.